The topological polar surface area (TPSA) is 90.5 Å². The fraction of sp³-hybridized carbons (Fsp3) is 0.478. The van der Waals surface area contributed by atoms with E-state index >= 15 is 0 Å². The maximum atomic E-state index is 12.2. The van der Waals surface area contributed by atoms with Gasteiger partial charge in [-0.3, -0.25) is 19.5 Å². The van der Waals surface area contributed by atoms with E-state index in [4.69, 9.17) is 4.11 Å². The number of hydrogen-bond donors (Lipinski definition) is 2. The molecule has 4 heterocycles. The van der Waals surface area contributed by atoms with Crippen molar-refractivity contribution in [1.29, 1.82) is 0 Å². The molecule has 31 heavy (non-hydrogen) atoms. The number of rotatable bonds is 5. The third-order valence-electron chi connectivity index (χ3n) is 6.11. The molecule has 4 rings (SSSR count). The lowest BCUT2D eigenvalue weighted by molar-refractivity contribution is -0.120. The average Bonchev–Trinajstić information content (AvgIpc) is 2.78. The molecule has 2 aliphatic heterocycles. The van der Waals surface area contributed by atoms with Crippen LogP contribution in [0.3, 0.4) is 0 Å². The molecule has 2 amide bonds. The maximum absolute atomic E-state index is 12.2. The van der Waals surface area contributed by atoms with Gasteiger partial charge in [-0.05, 0) is 37.1 Å². The van der Waals surface area contributed by atoms with E-state index < -0.39 is 12.9 Å². The van der Waals surface area contributed by atoms with Crippen molar-refractivity contribution >= 4 is 23.2 Å². The van der Waals surface area contributed by atoms with Crippen LogP contribution < -0.4 is 15.5 Å². The zero-order chi connectivity index (χ0) is 24.5. The van der Waals surface area contributed by atoms with Gasteiger partial charge >= 0.3 is 0 Å². The van der Waals surface area contributed by atoms with Gasteiger partial charge in [-0.1, -0.05) is 6.92 Å². The minimum absolute atomic E-state index is 0.00175. The van der Waals surface area contributed by atoms with E-state index in [0.717, 1.165) is 61.8 Å². The number of anilines is 2. The van der Waals surface area contributed by atoms with E-state index in [2.05, 4.69) is 25.1 Å². The Balaban J connectivity index is 1.35. The van der Waals surface area contributed by atoms with Gasteiger partial charge in [0, 0.05) is 62.3 Å². The molecule has 0 aliphatic carbocycles. The molecule has 2 N–H and O–H groups in total. The van der Waals surface area contributed by atoms with Crippen molar-refractivity contribution in [2.24, 2.45) is 5.92 Å². The molecule has 164 valence electrons. The van der Waals surface area contributed by atoms with Crippen LogP contribution in [0.4, 0.5) is 11.4 Å². The fourth-order valence-corrected chi connectivity index (χ4v) is 4.27. The van der Waals surface area contributed by atoms with Gasteiger partial charge in [0.05, 0.1) is 22.8 Å². The van der Waals surface area contributed by atoms with Crippen LogP contribution in [0, 0.1) is 12.8 Å². The molecule has 2 aliphatic rings. The summed E-state index contributed by atoms with van der Waals surface area (Å²) in [5, 5.41) is 4.97. The Bertz CT molecular complexity index is 1080. The highest BCUT2D eigenvalue weighted by Crippen LogP contribution is 2.27. The van der Waals surface area contributed by atoms with Crippen molar-refractivity contribution in [1.82, 2.24) is 20.2 Å². The number of piperazine rings is 1. The molecule has 0 spiro atoms. The van der Waals surface area contributed by atoms with E-state index in [0.29, 0.717) is 12.1 Å². The van der Waals surface area contributed by atoms with Gasteiger partial charge in [0.15, 0.2) is 0 Å². The van der Waals surface area contributed by atoms with Crippen LogP contribution in [-0.2, 0) is 17.8 Å². The summed E-state index contributed by atoms with van der Waals surface area (Å²) in [6, 6.07) is 5.42. The molecule has 1 unspecified atom stereocenters. The first kappa shape index (κ1) is 17.7. The average molecular weight is 426 g/mol. The van der Waals surface area contributed by atoms with Crippen molar-refractivity contribution in [3.05, 3.63) is 47.0 Å². The third-order valence-corrected chi connectivity index (χ3v) is 6.11. The second-order valence-electron chi connectivity index (χ2n) is 8.15. The molecule has 2 aromatic rings. The van der Waals surface area contributed by atoms with Crippen LogP contribution >= 0.6 is 0 Å². The molecular formula is C23H30N6O2. The summed E-state index contributed by atoms with van der Waals surface area (Å²) in [7, 11) is 0. The number of nitrogens with zero attached hydrogens (tertiary/aromatic N) is 4. The summed E-state index contributed by atoms with van der Waals surface area (Å²) in [5.74, 6) is -0.630. The van der Waals surface area contributed by atoms with Crippen molar-refractivity contribution in [2.45, 2.75) is 33.2 Å². The van der Waals surface area contributed by atoms with Crippen molar-refractivity contribution < 1.29 is 13.7 Å². The first-order valence-electron chi connectivity index (χ1n) is 12.2. The molecule has 2 aromatic heterocycles. The summed E-state index contributed by atoms with van der Waals surface area (Å²) in [4.78, 5) is 37.8. The number of hydrogen-bond acceptors (Lipinski definition) is 6. The molecule has 0 radical (unpaired) electrons. The molecule has 0 bridgehead atoms. The van der Waals surface area contributed by atoms with E-state index in [-0.39, 0.29) is 17.5 Å². The molecule has 0 aromatic carbocycles. The van der Waals surface area contributed by atoms with Crippen LogP contribution in [0.1, 0.15) is 44.9 Å². The van der Waals surface area contributed by atoms with Gasteiger partial charge in [0.25, 0.3) is 5.91 Å². The SMILES string of the molecule is [2H]C([2H])([2H])NC(=O)c1ccc(N2CCN(Cc3cnc4c(c3)NC(=O)C(CC)C4)CC2)c(C)n1. The highest BCUT2D eigenvalue weighted by Gasteiger charge is 2.26. The second-order valence-corrected chi connectivity index (χ2v) is 8.15. The quantitative estimate of drug-likeness (QED) is 0.761. The lowest BCUT2D eigenvalue weighted by atomic mass is 9.94. The van der Waals surface area contributed by atoms with Crippen molar-refractivity contribution in [3.63, 3.8) is 0 Å². The number of pyridine rings is 2. The van der Waals surface area contributed by atoms with Gasteiger partial charge < -0.3 is 15.5 Å². The zero-order valence-electron chi connectivity index (χ0n) is 20.9. The van der Waals surface area contributed by atoms with Crippen molar-refractivity contribution in [2.75, 3.05) is 43.4 Å². The smallest absolute Gasteiger partial charge is 0.269 e. The van der Waals surface area contributed by atoms with Crippen LogP contribution in [0.2, 0.25) is 0 Å². The molecule has 1 atom stereocenters. The number of carbonyl (C=O) groups excluding carboxylic acids is 2. The third kappa shape index (κ3) is 4.54. The second kappa shape index (κ2) is 9.01. The Labute approximate surface area is 187 Å². The maximum Gasteiger partial charge on any atom is 0.269 e. The summed E-state index contributed by atoms with van der Waals surface area (Å²) < 4.78 is 21.5. The minimum atomic E-state index is -2.54. The standard InChI is InChI=1S/C23H30N6O2/c1-4-17-12-19-20(27-22(17)30)11-16(13-25-19)14-28-7-9-29(10-8-28)21-6-5-18(23(31)24-3)26-15(21)2/h5-6,11,13,17H,4,7-10,12,14H2,1-3H3,(H,24,31)(H,27,30)/i3D3. The lowest BCUT2D eigenvalue weighted by Crippen LogP contribution is -2.46. The van der Waals surface area contributed by atoms with Crippen molar-refractivity contribution in [3.8, 4) is 0 Å². The number of carbonyl (C=O) groups is 2. The van der Waals surface area contributed by atoms with E-state index in [9.17, 15) is 9.59 Å². The van der Waals surface area contributed by atoms with E-state index in [1.807, 2.05) is 37.5 Å². The van der Waals surface area contributed by atoms with E-state index in [1.54, 1.807) is 6.07 Å². The Morgan fingerprint density at radius 2 is 2.13 bits per heavy atom. The van der Waals surface area contributed by atoms with E-state index in [1.165, 1.54) is 0 Å². The van der Waals surface area contributed by atoms with Gasteiger partial charge in [-0.2, -0.15) is 0 Å². The number of nitrogens with one attached hydrogen (secondary N) is 2. The molecule has 8 nitrogen and oxygen atoms in total. The highest BCUT2D eigenvalue weighted by molar-refractivity contribution is 5.95. The Morgan fingerprint density at radius 1 is 1.32 bits per heavy atom. The van der Waals surface area contributed by atoms with Gasteiger partial charge in [0.2, 0.25) is 5.91 Å². The van der Waals surface area contributed by atoms with Gasteiger partial charge in [-0.15, -0.1) is 0 Å². The summed E-state index contributed by atoms with van der Waals surface area (Å²) >= 11 is 0. The van der Waals surface area contributed by atoms with Gasteiger partial charge in [-0.25, -0.2) is 4.98 Å². The summed E-state index contributed by atoms with van der Waals surface area (Å²) in [6.45, 7) is 5.36. The summed E-state index contributed by atoms with van der Waals surface area (Å²) in [6.07, 6.45) is 3.42. The van der Waals surface area contributed by atoms with Crippen LogP contribution in [0.5, 0.6) is 0 Å². The minimum Gasteiger partial charge on any atom is -0.368 e. The predicted molar refractivity (Wildman–Crippen MR) is 120 cm³/mol. The van der Waals surface area contributed by atoms with Crippen LogP contribution in [-0.4, -0.2) is 59.8 Å². The molecule has 8 heteroatoms. The number of amides is 2. The number of aryl methyl sites for hydroxylation is 1. The zero-order valence-corrected chi connectivity index (χ0v) is 17.9. The Hall–Kier alpha value is -3.00. The molecule has 0 saturated carbocycles. The van der Waals surface area contributed by atoms with Crippen LogP contribution in [0.25, 0.3) is 0 Å². The van der Waals surface area contributed by atoms with Gasteiger partial charge in [0.1, 0.15) is 5.69 Å². The Kier molecular flexibility index (Phi) is 5.13. The Morgan fingerprint density at radius 3 is 2.84 bits per heavy atom. The predicted octanol–water partition coefficient (Wildman–Crippen LogP) is 1.99. The molecular weight excluding hydrogens is 392 g/mol. The lowest BCUT2D eigenvalue weighted by Gasteiger charge is -2.36. The fourth-order valence-electron chi connectivity index (χ4n) is 4.27. The number of fused-ring (bicyclic) bond motifs is 1. The summed E-state index contributed by atoms with van der Waals surface area (Å²) in [5.41, 5.74) is 4.58. The first-order chi connectivity index (χ1) is 16.1. The monoisotopic (exact) mass is 425 g/mol. The van der Waals surface area contributed by atoms with Crippen LogP contribution in [0.15, 0.2) is 24.4 Å². The normalized spacial score (nSPS) is 20.8. The largest absolute Gasteiger partial charge is 0.368 e. The first-order valence-corrected chi connectivity index (χ1v) is 10.7. The molecule has 1 saturated heterocycles. The highest BCUT2D eigenvalue weighted by atomic mass is 16.2. The molecule has 1 fully saturated rings. The number of aromatic nitrogens is 2.